The van der Waals surface area contributed by atoms with E-state index in [1.807, 2.05) is 6.08 Å². The van der Waals surface area contributed by atoms with Crippen molar-refractivity contribution in [3.05, 3.63) is 109 Å². The van der Waals surface area contributed by atoms with Crippen molar-refractivity contribution in [2.45, 2.75) is 142 Å². The molecule has 4 heteroatoms. The van der Waals surface area contributed by atoms with E-state index in [2.05, 4.69) is 116 Å². The van der Waals surface area contributed by atoms with Gasteiger partial charge < -0.3 is 15.5 Å². The second-order valence-electron chi connectivity index (χ2n) is 11.5. The summed E-state index contributed by atoms with van der Waals surface area (Å²) >= 11 is 0. The summed E-state index contributed by atoms with van der Waals surface area (Å²) in [5.41, 5.74) is 0. The maximum Gasteiger partial charge on any atom is 0.220 e. The third kappa shape index (κ3) is 32.4. The van der Waals surface area contributed by atoms with Gasteiger partial charge in [0.25, 0.3) is 0 Å². The molecule has 0 saturated carbocycles. The number of hydrogen-bond donors (Lipinski definition) is 3. The highest BCUT2D eigenvalue weighted by molar-refractivity contribution is 5.76. The van der Waals surface area contributed by atoms with Crippen molar-refractivity contribution in [1.82, 2.24) is 5.32 Å². The molecule has 0 spiro atoms. The first-order valence-electron chi connectivity index (χ1n) is 18.1. The molecule has 0 radical (unpaired) electrons. The SMILES string of the molecule is CC/C=C\C/C=C\C/C=C\C/C=C\C/C=C\C/C=C\C/C=C\CCCCCCCC(=O)NC(CO)C(O)/C=C/CC/C=C/CCC. The average molecular weight is 634 g/mol. The summed E-state index contributed by atoms with van der Waals surface area (Å²) in [6.07, 6.45) is 56.2. The fourth-order valence-corrected chi connectivity index (χ4v) is 4.47. The Morgan fingerprint density at radius 2 is 0.978 bits per heavy atom. The molecule has 2 atom stereocenters. The number of carbonyl (C=O) groups excluding carboxylic acids is 1. The molecule has 2 unspecified atom stereocenters. The van der Waals surface area contributed by atoms with E-state index in [0.29, 0.717) is 6.42 Å². The highest BCUT2D eigenvalue weighted by atomic mass is 16.3. The molecule has 0 aliphatic carbocycles. The van der Waals surface area contributed by atoms with Crippen LogP contribution in [0.25, 0.3) is 0 Å². The zero-order chi connectivity index (χ0) is 33.6. The summed E-state index contributed by atoms with van der Waals surface area (Å²) in [5, 5.41) is 22.6. The minimum atomic E-state index is -0.874. The van der Waals surface area contributed by atoms with Crippen LogP contribution in [-0.4, -0.2) is 34.9 Å². The Morgan fingerprint density at radius 3 is 1.50 bits per heavy atom. The van der Waals surface area contributed by atoms with Gasteiger partial charge in [-0.3, -0.25) is 4.79 Å². The van der Waals surface area contributed by atoms with Gasteiger partial charge in [0.05, 0.1) is 18.8 Å². The first-order valence-corrected chi connectivity index (χ1v) is 18.1. The number of rotatable bonds is 30. The molecule has 0 bridgehead atoms. The topological polar surface area (TPSA) is 69.6 Å². The fourth-order valence-electron chi connectivity index (χ4n) is 4.47. The van der Waals surface area contributed by atoms with E-state index in [9.17, 15) is 15.0 Å². The highest BCUT2D eigenvalue weighted by Gasteiger charge is 2.17. The van der Waals surface area contributed by atoms with Gasteiger partial charge in [0, 0.05) is 6.42 Å². The van der Waals surface area contributed by atoms with Crippen LogP contribution in [0.15, 0.2) is 109 Å². The fraction of sp³-hybridized carbons (Fsp3) is 0.548. The lowest BCUT2D eigenvalue weighted by Gasteiger charge is -2.19. The van der Waals surface area contributed by atoms with E-state index in [4.69, 9.17) is 0 Å². The summed E-state index contributed by atoms with van der Waals surface area (Å²) in [6, 6.07) is -0.654. The Morgan fingerprint density at radius 1 is 0.543 bits per heavy atom. The zero-order valence-corrected chi connectivity index (χ0v) is 29.3. The number of nitrogens with one attached hydrogen (secondary N) is 1. The molecule has 4 nitrogen and oxygen atoms in total. The Labute approximate surface area is 283 Å². The Kier molecular flexibility index (Phi) is 34.2. The Bertz CT molecular complexity index is 948. The third-order valence-electron chi connectivity index (χ3n) is 7.22. The molecule has 1 amide bonds. The van der Waals surface area contributed by atoms with Crippen LogP contribution < -0.4 is 5.32 Å². The summed E-state index contributed by atoms with van der Waals surface area (Å²) < 4.78 is 0. The predicted octanol–water partition coefficient (Wildman–Crippen LogP) is 10.9. The molecule has 0 aliphatic heterocycles. The van der Waals surface area contributed by atoms with Gasteiger partial charge in [-0.25, -0.2) is 0 Å². The van der Waals surface area contributed by atoms with Crippen LogP contribution in [-0.2, 0) is 4.79 Å². The average Bonchev–Trinajstić information content (AvgIpc) is 3.06. The molecular formula is C42H67NO3. The van der Waals surface area contributed by atoms with E-state index >= 15 is 0 Å². The molecular weight excluding hydrogens is 566 g/mol. The van der Waals surface area contributed by atoms with Crippen molar-refractivity contribution in [2.24, 2.45) is 0 Å². The van der Waals surface area contributed by atoms with Gasteiger partial charge in [-0.2, -0.15) is 0 Å². The quantitative estimate of drug-likeness (QED) is 0.0544. The van der Waals surface area contributed by atoms with Gasteiger partial charge in [-0.05, 0) is 83.5 Å². The van der Waals surface area contributed by atoms with Crippen molar-refractivity contribution < 1.29 is 15.0 Å². The van der Waals surface area contributed by atoms with E-state index < -0.39 is 12.1 Å². The van der Waals surface area contributed by atoms with E-state index in [-0.39, 0.29) is 12.5 Å². The highest BCUT2D eigenvalue weighted by Crippen LogP contribution is 2.09. The maximum atomic E-state index is 12.2. The van der Waals surface area contributed by atoms with E-state index in [1.54, 1.807) is 6.08 Å². The maximum absolute atomic E-state index is 12.2. The lowest BCUT2D eigenvalue weighted by Crippen LogP contribution is -2.45. The molecule has 46 heavy (non-hydrogen) atoms. The van der Waals surface area contributed by atoms with Gasteiger partial charge in [0.15, 0.2) is 0 Å². The minimum Gasteiger partial charge on any atom is -0.394 e. The van der Waals surface area contributed by atoms with Crippen LogP contribution in [0, 0.1) is 0 Å². The van der Waals surface area contributed by atoms with E-state index in [1.165, 1.54) is 12.8 Å². The van der Waals surface area contributed by atoms with Crippen LogP contribution in [0.2, 0.25) is 0 Å². The smallest absolute Gasteiger partial charge is 0.220 e. The summed E-state index contributed by atoms with van der Waals surface area (Å²) in [7, 11) is 0. The molecule has 0 aromatic heterocycles. The number of aliphatic hydroxyl groups excluding tert-OH is 2. The second kappa shape index (κ2) is 36.5. The Balaban J connectivity index is 3.72. The predicted molar refractivity (Wildman–Crippen MR) is 202 cm³/mol. The number of aliphatic hydroxyl groups is 2. The van der Waals surface area contributed by atoms with Crippen LogP contribution in [0.1, 0.15) is 129 Å². The minimum absolute atomic E-state index is 0.105. The molecule has 0 aromatic carbocycles. The van der Waals surface area contributed by atoms with E-state index in [0.717, 1.165) is 96.3 Å². The van der Waals surface area contributed by atoms with Crippen molar-refractivity contribution >= 4 is 5.91 Å². The van der Waals surface area contributed by atoms with Gasteiger partial charge >= 0.3 is 0 Å². The summed E-state index contributed by atoms with van der Waals surface area (Å²) in [5.74, 6) is -0.105. The van der Waals surface area contributed by atoms with Crippen molar-refractivity contribution in [3.63, 3.8) is 0 Å². The molecule has 0 aromatic rings. The van der Waals surface area contributed by atoms with Gasteiger partial charge in [-0.1, -0.05) is 149 Å². The molecule has 258 valence electrons. The molecule has 0 saturated heterocycles. The third-order valence-corrected chi connectivity index (χ3v) is 7.22. The van der Waals surface area contributed by atoms with Crippen molar-refractivity contribution in [2.75, 3.05) is 6.61 Å². The zero-order valence-electron chi connectivity index (χ0n) is 29.3. The first kappa shape index (κ1) is 43.0. The van der Waals surface area contributed by atoms with Crippen LogP contribution in [0.5, 0.6) is 0 Å². The number of amides is 1. The monoisotopic (exact) mass is 634 g/mol. The lowest BCUT2D eigenvalue weighted by molar-refractivity contribution is -0.123. The number of allylic oxidation sites excluding steroid dienone is 17. The van der Waals surface area contributed by atoms with Crippen LogP contribution >= 0.6 is 0 Å². The van der Waals surface area contributed by atoms with Crippen molar-refractivity contribution in [3.8, 4) is 0 Å². The number of carbonyl (C=O) groups is 1. The Hall–Kier alpha value is -2.95. The summed E-state index contributed by atoms with van der Waals surface area (Å²) in [6.45, 7) is 4.04. The normalized spacial score (nSPS) is 14.4. The van der Waals surface area contributed by atoms with Gasteiger partial charge in [-0.15, -0.1) is 0 Å². The largest absolute Gasteiger partial charge is 0.394 e. The van der Waals surface area contributed by atoms with Crippen LogP contribution in [0.4, 0.5) is 0 Å². The van der Waals surface area contributed by atoms with Gasteiger partial charge in [0.2, 0.25) is 5.91 Å². The first-order chi connectivity index (χ1) is 22.7. The summed E-state index contributed by atoms with van der Waals surface area (Å²) in [4.78, 5) is 12.2. The molecule has 0 rings (SSSR count). The van der Waals surface area contributed by atoms with Gasteiger partial charge in [0.1, 0.15) is 0 Å². The van der Waals surface area contributed by atoms with Crippen molar-refractivity contribution in [1.29, 1.82) is 0 Å². The number of unbranched alkanes of at least 4 members (excludes halogenated alkanes) is 7. The lowest BCUT2D eigenvalue weighted by atomic mass is 10.1. The molecule has 3 N–H and O–H groups in total. The second-order valence-corrected chi connectivity index (χ2v) is 11.5. The number of hydrogen-bond acceptors (Lipinski definition) is 3. The van der Waals surface area contributed by atoms with Crippen LogP contribution in [0.3, 0.4) is 0 Å². The molecule has 0 fully saturated rings. The molecule has 0 aliphatic rings. The molecule has 0 heterocycles. The standard InChI is InChI=1S/C42H67NO3/c1-3-5-7-9-11-12-13-14-15-16-17-18-19-20-21-22-23-24-25-26-27-28-29-30-32-34-36-38-42(46)43-40(39-44)41(45)37-35-33-31-10-8-6-4-2/h5,7-8,10-12,14-15,17-18,20-21,23-24,26-27,35,37,40-41,44-45H,3-4,6,9,13,16,19,22,25,28-34,36,38-39H2,1-2H3,(H,43,46)/b7-5-,10-8+,12-11-,15-14-,18-17-,21-20-,24-23-,27-26-,37-35+.